The van der Waals surface area contributed by atoms with Gasteiger partial charge in [0.25, 0.3) is 0 Å². The molecular formula is C19H22N6O. The maximum atomic E-state index is 12.4. The van der Waals surface area contributed by atoms with Crippen LogP contribution in [-0.2, 0) is 0 Å². The minimum atomic E-state index is -0.259. The van der Waals surface area contributed by atoms with Gasteiger partial charge in [-0.15, -0.1) is 5.10 Å². The number of aryl methyl sites for hydroxylation is 3. The van der Waals surface area contributed by atoms with E-state index in [4.69, 9.17) is 0 Å². The molecule has 2 amide bonds. The molecule has 1 aromatic heterocycles. The van der Waals surface area contributed by atoms with Gasteiger partial charge in [-0.2, -0.15) is 0 Å². The standard InChI is InChI=1S/C19H22N6O/c1-12-5-6-13(2)17(9-12)15(4)21-19(26)22-16-8-7-14(3)18(10-16)25-11-20-23-24-25/h5-11,15H,1-4H3,(H2,21,22,26)/t15-/m0/s1. The van der Waals surface area contributed by atoms with Gasteiger partial charge in [-0.25, -0.2) is 9.48 Å². The van der Waals surface area contributed by atoms with Crippen molar-refractivity contribution >= 4 is 11.7 Å². The number of urea groups is 1. The Hall–Kier alpha value is -3.22. The van der Waals surface area contributed by atoms with Crippen molar-refractivity contribution in [3.05, 3.63) is 65.0 Å². The number of hydrogen-bond donors (Lipinski definition) is 2. The Balaban J connectivity index is 1.72. The predicted octanol–water partition coefficient (Wildman–Crippen LogP) is 3.47. The van der Waals surface area contributed by atoms with Crippen LogP contribution < -0.4 is 10.6 Å². The molecule has 3 rings (SSSR count). The van der Waals surface area contributed by atoms with Gasteiger partial charge in [0.1, 0.15) is 6.33 Å². The van der Waals surface area contributed by atoms with E-state index in [1.807, 2.05) is 45.9 Å². The van der Waals surface area contributed by atoms with Gasteiger partial charge in [-0.3, -0.25) is 0 Å². The molecule has 7 heteroatoms. The number of benzene rings is 2. The number of anilines is 1. The van der Waals surface area contributed by atoms with E-state index in [0.29, 0.717) is 5.69 Å². The van der Waals surface area contributed by atoms with Crippen LogP contribution in [-0.4, -0.2) is 26.2 Å². The molecule has 0 unspecified atom stereocenters. The Morgan fingerprint density at radius 3 is 2.58 bits per heavy atom. The van der Waals surface area contributed by atoms with E-state index in [1.54, 1.807) is 4.68 Å². The molecule has 0 aliphatic heterocycles. The number of nitrogens with zero attached hydrogens (tertiary/aromatic N) is 4. The maximum Gasteiger partial charge on any atom is 0.319 e. The molecule has 7 nitrogen and oxygen atoms in total. The SMILES string of the molecule is Cc1ccc(C)c([C@H](C)NC(=O)Nc2ccc(C)c(-n3cnnn3)c2)c1. The second-order valence-electron chi connectivity index (χ2n) is 6.44. The van der Waals surface area contributed by atoms with E-state index in [0.717, 1.165) is 22.4 Å². The number of amides is 2. The highest BCUT2D eigenvalue weighted by Gasteiger charge is 2.13. The van der Waals surface area contributed by atoms with Gasteiger partial charge in [-0.1, -0.05) is 29.8 Å². The fourth-order valence-corrected chi connectivity index (χ4v) is 2.87. The van der Waals surface area contributed by atoms with Crippen LogP contribution >= 0.6 is 0 Å². The summed E-state index contributed by atoms with van der Waals surface area (Å²) >= 11 is 0. The number of carbonyl (C=O) groups is 1. The normalized spacial score (nSPS) is 11.8. The summed E-state index contributed by atoms with van der Waals surface area (Å²) < 4.78 is 1.57. The van der Waals surface area contributed by atoms with E-state index in [2.05, 4.69) is 44.4 Å². The summed E-state index contributed by atoms with van der Waals surface area (Å²) in [7, 11) is 0. The zero-order chi connectivity index (χ0) is 18.7. The third kappa shape index (κ3) is 3.88. The van der Waals surface area contributed by atoms with Gasteiger partial charge in [0.2, 0.25) is 0 Å². The first-order valence-electron chi connectivity index (χ1n) is 8.42. The molecule has 0 aliphatic rings. The summed E-state index contributed by atoms with van der Waals surface area (Å²) in [6.07, 6.45) is 1.52. The lowest BCUT2D eigenvalue weighted by Crippen LogP contribution is -2.31. The van der Waals surface area contributed by atoms with Crippen LogP contribution in [0.3, 0.4) is 0 Å². The van der Waals surface area contributed by atoms with Crippen LogP contribution in [0.1, 0.15) is 35.2 Å². The largest absolute Gasteiger partial charge is 0.331 e. The second-order valence-corrected chi connectivity index (χ2v) is 6.44. The van der Waals surface area contributed by atoms with E-state index in [9.17, 15) is 4.79 Å². The Bertz CT molecular complexity index is 920. The number of aromatic nitrogens is 4. The molecule has 1 atom stereocenters. The van der Waals surface area contributed by atoms with Crippen molar-refractivity contribution in [2.24, 2.45) is 0 Å². The second kappa shape index (κ2) is 7.35. The van der Waals surface area contributed by atoms with Gasteiger partial charge < -0.3 is 10.6 Å². The van der Waals surface area contributed by atoms with Crippen molar-refractivity contribution < 1.29 is 4.79 Å². The Morgan fingerprint density at radius 2 is 1.85 bits per heavy atom. The van der Waals surface area contributed by atoms with Crippen LogP contribution in [0.25, 0.3) is 5.69 Å². The van der Waals surface area contributed by atoms with Gasteiger partial charge in [0.05, 0.1) is 11.7 Å². The summed E-state index contributed by atoms with van der Waals surface area (Å²) in [6, 6.07) is 11.5. The molecule has 3 aromatic rings. The lowest BCUT2D eigenvalue weighted by molar-refractivity contribution is 0.249. The van der Waals surface area contributed by atoms with Crippen molar-refractivity contribution in [1.82, 2.24) is 25.5 Å². The summed E-state index contributed by atoms with van der Waals surface area (Å²) in [5.74, 6) is 0. The van der Waals surface area contributed by atoms with Crippen molar-refractivity contribution in [3.8, 4) is 5.69 Å². The minimum absolute atomic E-state index is 0.0978. The van der Waals surface area contributed by atoms with Crippen molar-refractivity contribution in [2.45, 2.75) is 33.7 Å². The van der Waals surface area contributed by atoms with Crippen LogP contribution in [0.4, 0.5) is 10.5 Å². The van der Waals surface area contributed by atoms with Crippen molar-refractivity contribution in [1.29, 1.82) is 0 Å². The van der Waals surface area contributed by atoms with Gasteiger partial charge in [-0.05, 0) is 66.9 Å². The van der Waals surface area contributed by atoms with E-state index < -0.39 is 0 Å². The van der Waals surface area contributed by atoms with Crippen LogP contribution in [0.2, 0.25) is 0 Å². The first-order valence-corrected chi connectivity index (χ1v) is 8.42. The highest BCUT2D eigenvalue weighted by Crippen LogP contribution is 2.20. The molecule has 0 bridgehead atoms. The molecule has 0 fully saturated rings. The molecule has 2 N–H and O–H groups in total. The van der Waals surface area contributed by atoms with E-state index in [-0.39, 0.29) is 12.1 Å². The van der Waals surface area contributed by atoms with Crippen LogP contribution in [0, 0.1) is 20.8 Å². The first kappa shape index (κ1) is 17.6. The molecule has 0 radical (unpaired) electrons. The molecule has 1 heterocycles. The highest BCUT2D eigenvalue weighted by atomic mass is 16.2. The van der Waals surface area contributed by atoms with Gasteiger partial charge in [0.15, 0.2) is 0 Å². The average molecular weight is 350 g/mol. The summed E-state index contributed by atoms with van der Waals surface area (Å²) in [6.45, 7) is 8.03. The fourth-order valence-electron chi connectivity index (χ4n) is 2.87. The van der Waals surface area contributed by atoms with E-state index in [1.165, 1.54) is 11.9 Å². The molecule has 0 aliphatic carbocycles. The van der Waals surface area contributed by atoms with Crippen LogP contribution in [0.5, 0.6) is 0 Å². The molecule has 0 saturated carbocycles. The summed E-state index contributed by atoms with van der Waals surface area (Å²) in [5.41, 5.74) is 5.93. The molecular weight excluding hydrogens is 328 g/mol. The fraction of sp³-hybridized carbons (Fsp3) is 0.263. The summed E-state index contributed by atoms with van der Waals surface area (Å²) in [5, 5.41) is 17.1. The minimum Gasteiger partial charge on any atom is -0.331 e. The monoisotopic (exact) mass is 350 g/mol. The lowest BCUT2D eigenvalue weighted by atomic mass is 10.0. The van der Waals surface area contributed by atoms with Gasteiger partial charge >= 0.3 is 6.03 Å². The summed E-state index contributed by atoms with van der Waals surface area (Å²) in [4.78, 5) is 12.4. The van der Waals surface area contributed by atoms with Gasteiger partial charge in [0, 0.05) is 5.69 Å². The Labute approximate surface area is 152 Å². The third-order valence-electron chi connectivity index (χ3n) is 4.31. The first-order chi connectivity index (χ1) is 12.4. The maximum absolute atomic E-state index is 12.4. The topological polar surface area (TPSA) is 84.7 Å². The average Bonchev–Trinajstić information content (AvgIpc) is 3.13. The quantitative estimate of drug-likeness (QED) is 0.754. The molecule has 134 valence electrons. The predicted molar refractivity (Wildman–Crippen MR) is 100 cm³/mol. The van der Waals surface area contributed by atoms with Crippen molar-refractivity contribution in [3.63, 3.8) is 0 Å². The highest BCUT2D eigenvalue weighted by molar-refractivity contribution is 5.90. The number of tetrazole rings is 1. The number of hydrogen-bond acceptors (Lipinski definition) is 4. The molecule has 2 aromatic carbocycles. The third-order valence-corrected chi connectivity index (χ3v) is 4.31. The smallest absolute Gasteiger partial charge is 0.319 e. The van der Waals surface area contributed by atoms with Crippen LogP contribution in [0.15, 0.2) is 42.7 Å². The molecule has 0 spiro atoms. The van der Waals surface area contributed by atoms with E-state index >= 15 is 0 Å². The lowest BCUT2D eigenvalue weighted by Gasteiger charge is -2.18. The molecule has 26 heavy (non-hydrogen) atoms. The Kier molecular flexibility index (Phi) is 4.97. The van der Waals surface area contributed by atoms with Crippen molar-refractivity contribution in [2.75, 3.05) is 5.32 Å². The Morgan fingerprint density at radius 1 is 1.08 bits per heavy atom. The number of nitrogens with one attached hydrogen (secondary N) is 2. The zero-order valence-electron chi connectivity index (χ0n) is 15.3. The molecule has 0 saturated heterocycles. The number of carbonyl (C=O) groups excluding carboxylic acids is 1. The number of rotatable bonds is 4. The zero-order valence-corrected chi connectivity index (χ0v) is 15.3.